The normalized spacial score (nSPS) is 20.4. The third-order valence-corrected chi connectivity index (χ3v) is 5.47. The van der Waals surface area contributed by atoms with Gasteiger partial charge in [0.05, 0.1) is 6.20 Å². The number of aromatic nitrogens is 2. The van der Waals surface area contributed by atoms with E-state index in [1.54, 1.807) is 9.58 Å². The average Bonchev–Trinajstić information content (AvgIpc) is 3.04. The van der Waals surface area contributed by atoms with E-state index >= 15 is 0 Å². The van der Waals surface area contributed by atoms with Crippen LogP contribution in [-0.4, -0.2) is 56.3 Å². The van der Waals surface area contributed by atoms with Crippen LogP contribution in [-0.2, 0) is 24.9 Å². The third-order valence-electron chi connectivity index (χ3n) is 5.47. The van der Waals surface area contributed by atoms with Crippen molar-refractivity contribution in [2.45, 2.75) is 51.3 Å². The van der Waals surface area contributed by atoms with Gasteiger partial charge in [-0.15, -0.1) is 0 Å². The fourth-order valence-corrected chi connectivity index (χ4v) is 3.96. The molecule has 0 saturated carbocycles. The topological polar surface area (TPSA) is 61.6 Å². The molecule has 1 amide bonds. The second kappa shape index (κ2) is 8.45. The average molecular weight is 385 g/mol. The van der Waals surface area contributed by atoms with E-state index < -0.39 is 5.60 Å². The van der Waals surface area contributed by atoms with Crippen LogP contribution in [0, 0.1) is 0 Å². The summed E-state index contributed by atoms with van der Waals surface area (Å²) in [6.07, 6.45) is 5.09. The first-order valence-corrected chi connectivity index (χ1v) is 10.0. The minimum Gasteiger partial charge on any atom is -0.379 e. The fourth-order valence-electron chi connectivity index (χ4n) is 3.96. The number of likely N-dealkylation sites (tertiary alicyclic amines) is 1. The summed E-state index contributed by atoms with van der Waals surface area (Å²) in [5, 5.41) is 15.3. The summed E-state index contributed by atoms with van der Waals surface area (Å²) in [4.78, 5) is 16.8. The molecule has 0 bridgehead atoms. The fraction of sp³-hybridized carbons (Fsp3) is 0.545. The Morgan fingerprint density at radius 2 is 1.96 bits per heavy atom. The Hall–Kier alpha value is -2.18. The predicted octanol–water partition coefficient (Wildman–Crippen LogP) is 2.53. The highest BCUT2D eigenvalue weighted by Crippen LogP contribution is 2.26. The van der Waals surface area contributed by atoms with E-state index in [-0.39, 0.29) is 5.91 Å². The van der Waals surface area contributed by atoms with Crippen molar-refractivity contribution in [2.75, 3.05) is 20.1 Å². The summed E-state index contributed by atoms with van der Waals surface area (Å²) in [5.74, 6) is 0.329. The van der Waals surface area contributed by atoms with E-state index in [4.69, 9.17) is 0 Å². The zero-order valence-electron chi connectivity index (χ0n) is 17.4. The Morgan fingerprint density at radius 3 is 2.57 bits per heavy atom. The van der Waals surface area contributed by atoms with Crippen LogP contribution in [0.2, 0.25) is 0 Å². The molecule has 1 fully saturated rings. The molecule has 1 aliphatic rings. The molecule has 28 heavy (non-hydrogen) atoms. The summed E-state index contributed by atoms with van der Waals surface area (Å²) in [6, 6.07) is 8.43. The molecule has 0 spiro atoms. The molecule has 6 nitrogen and oxygen atoms in total. The highest BCUT2D eigenvalue weighted by Gasteiger charge is 2.42. The van der Waals surface area contributed by atoms with Gasteiger partial charge in [-0.05, 0) is 36.9 Å². The molecule has 1 aliphatic heterocycles. The Bertz CT molecular complexity index is 799. The van der Waals surface area contributed by atoms with Gasteiger partial charge >= 0.3 is 0 Å². The molecule has 3 rings (SSSR count). The van der Waals surface area contributed by atoms with Crippen molar-refractivity contribution in [3.05, 3.63) is 53.3 Å². The van der Waals surface area contributed by atoms with Crippen LogP contribution in [0.5, 0.6) is 0 Å². The monoisotopic (exact) mass is 384 g/mol. The molecular formula is C22H32N4O2. The van der Waals surface area contributed by atoms with Crippen molar-refractivity contribution in [3.8, 4) is 0 Å². The van der Waals surface area contributed by atoms with Crippen LogP contribution >= 0.6 is 0 Å². The van der Waals surface area contributed by atoms with Crippen molar-refractivity contribution >= 4 is 5.91 Å². The van der Waals surface area contributed by atoms with Gasteiger partial charge in [-0.3, -0.25) is 14.4 Å². The predicted molar refractivity (Wildman–Crippen MR) is 110 cm³/mol. The maximum Gasteiger partial charge on any atom is 0.256 e. The van der Waals surface area contributed by atoms with Crippen molar-refractivity contribution < 1.29 is 9.90 Å². The number of carbonyl (C=O) groups is 1. The highest BCUT2D eigenvalue weighted by molar-refractivity contribution is 5.86. The Balaban J connectivity index is 1.63. The van der Waals surface area contributed by atoms with E-state index in [0.29, 0.717) is 38.5 Å². The summed E-state index contributed by atoms with van der Waals surface area (Å²) in [7, 11) is 3.81. The molecule has 0 aliphatic carbocycles. The SMILES string of the molecule is CC(C)c1ccc(CN2CCC[C@](O)(CN(C)Cc3cnn(C)c3)C2=O)cc1. The number of carbonyl (C=O) groups excluding carboxylic acids is 1. The molecule has 2 heterocycles. The maximum atomic E-state index is 13.1. The molecule has 2 aromatic rings. The number of rotatable bonds is 7. The van der Waals surface area contributed by atoms with E-state index in [9.17, 15) is 9.90 Å². The minimum atomic E-state index is -1.33. The van der Waals surface area contributed by atoms with Gasteiger partial charge < -0.3 is 10.0 Å². The van der Waals surface area contributed by atoms with Crippen LogP contribution in [0.25, 0.3) is 0 Å². The van der Waals surface area contributed by atoms with Gasteiger partial charge in [0, 0.05) is 45.0 Å². The molecule has 152 valence electrons. The van der Waals surface area contributed by atoms with Crippen molar-refractivity contribution in [1.29, 1.82) is 0 Å². The first kappa shape index (κ1) is 20.6. The molecule has 1 saturated heterocycles. The number of hydrogen-bond donors (Lipinski definition) is 1. The first-order chi connectivity index (χ1) is 13.3. The van der Waals surface area contributed by atoms with Gasteiger partial charge in [-0.2, -0.15) is 5.10 Å². The number of piperidine rings is 1. The standard InChI is InChI=1S/C22H32N4O2/c1-17(2)20-8-6-18(7-9-20)15-26-11-5-10-22(28,21(26)27)16-24(3)13-19-12-23-25(4)14-19/h6-9,12,14,17,28H,5,10-11,13,15-16H2,1-4H3/t22-/m0/s1. The van der Waals surface area contributed by atoms with E-state index in [0.717, 1.165) is 17.5 Å². The Labute approximate surface area is 167 Å². The number of aliphatic hydroxyl groups is 1. The molecule has 6 heteroatoms. The number of hydrogen-bond acceptors (Lipinski definition) is 4. The number of nitrogens with zero attached hydrogens (tertiary/aromatic N) is 4. The molecule has 0 radical (unpaired) electrons. The van der Waals surface area contributed by atoms with E-state index in [1.807, 2.05) is 31.4 Å². The van der Waals surface area contributed by atoms with Crippen LogP contribution in [0.4, 0.5) is 0 Å². The molecule has 0 unspecified atom stereocenters. The summed E-state index contributed by atoms with van der Waals surface area (Å²) in [5.41, 5.74) is 2.14. The lowest BCUT2D eigenvalue weighted by molar-refractivity contribution is -0.160. The van der Waals surface area contributed by atoms with Gasteiger partial charge in [0.1, 0.15) is 0 Å². The molecule has 1 aromatic carbocycles. The maximum absolute atomic E-state index is 13.1. The number of benzene rings is 1. The second-order valence-corrected chi connectivity index (χ2v) is 8.45. The van der Waals surface area contributed by atoms with Crippen LogP contribution in [0.15, 0.2) is 36.7 Å². The number of amides is 1. The number of aryl methyl sites for hydroxylation is 1. The largest absolute Gasteiger partial charge is 0.379 e. The van der Waals surface area contributed by atoms with E-state index in [1.165, 1.54) is 5.56 Å². The Morgan fingerprint density at radius 1 is 1.25 bits per heavy atom. The van der Waals surface area contributed by atoms with Gasteiger partial charge in [0.25, 0.3) is 5.91 Å². The van der Waals surface area contributed by atoms with Crippen molar-refractivity contribution in [3.63, 3.8) is 0 Å². The first-order valence-electron chi connectivity index (χ1n) is 10.0. The lowest BCUT2D eigenvalue weighted by atomic mass is 9.90. The summed E-state index contributed by atoms with van der Waals surface area (Å²) < 4.78 is 1.76. The second-order valence-electron chi connectivity index (χ2n) is 8.45. The zero-order chi connectivity index (χ0) is 20.3. The summed E-state index contributed by atoms with van der Waals surface area (Å²) in [6.45, 7) is 6.56. The molecule has 1 atom stereocenters. The van der Waals surface area contributed by atoms with Crippen LogP contribution in [0.3, 0.4) is 0 Å². The minimum absolute atomic E-state index is 0.162. The lowest BCUT2D eigenvalue weighted by Gasteiger charge is -2.40. The highest BCUT2D eigenvalue weighted by atomic mass is 16.3. The zero-order valence-corrected chi connectivity index (χ0v) is 17.4. The van der Waals surface area contributed by atoms with Crippen LogP contribution in [0.1, 0.15) is 49.3 Å². The quantitative estimate of drug-likeness (QED) is 0.797. The van der Waals surface area contributed by atoms with Crippen molar-refractivity contribution in [1.82, 2.24) is 19.6 Å². The molecular weight excluding hydrogens is 352 g/mol. The van der Waals surface area contributed by atoms with Gasteiger partial charge in [-0.25, -0.2) is 0 Å². The van der Waals surface area contributed by atoms with E-state index in [2.05, 4.69) is 43.2 Å². The third kappa shape index (κ3) is 4.80. The lowest BCUT2D eigenvalue weighted by Crippen LogP contribution is -2.57. The Kier molecular flexibility index (Phi) is 6.20. The number of likely N-dealkylation sites (N-methyl/N-ethyl adjacent to an activating group) is 1. The molecule has 1 aromatic heterocycles. The molecule has 1 N–H and O–H groups in total. The van der Waals surface area contributed by atoms with Gasteiger partial charge in [0.2, 0.25) is 0 Å². The summed E-state index contributed by atoms with van der Waals surface area (Å²) >= 11 is 0. The van der Waals surface area contributed by atoms with Crippen molar-refractivity contribution in [2.24, 2.45) is 7.05 Å². The van der Waals surface area contributed by atoms with Gasteiger partial charge in [0.15, 0.2) is 5.60 Å². The smallest absolute Gasteiger partial charge is 0.256 e. The van der Waals surface area contributed by atoms with Crippen LogP contribution < -0.4 is 0 Å². The van der Waals surface area contributed by atoms with Gasteiger partial charge in [-0.1, -0.05) is 38.1 Å².